The van der Waals surface area contributed by atoms with Crippen LogP contribution in [0.1, 0.15) is 145 Å². The van der Waals surface area contributed by atoms with E-state index < -0.39 is 90.0 Å². The zero-order chi connectivity index (χ0) is 55.4. The van der Waals surface area contributed by atoms with Gasteiger partial charge in [-0.05, 0) is 131 Å². The zero-order valence-corrected chi connectivity index (χ0v) is 47.7. The molecule has 3 N–H and O–H groups in total. The molecule has 424 valence electrons. The van der Waals surface area contributed by atoms with Crippen LogP contribution >= 0.6 is 11.8 Å². The first kappa shape index (κ1) is 63.8. The Labute approximate surface area is 451 Å². The number of unbranched alkanes of at least 4 members (excludes halogenated alkanes) is 1. The van der Waals surface area contributed by atoms with E-state index in [9.17, 15) is 39.0 Å². The molecule has 3 heterocycles. The van der Waals surface area contributed by atoms with Crippen molar-refractivity contribution in [2.24, 2.45) is 35.5 Å². The summed E-state index contributed by atoms with van der Waals surface area (Å²) in [6.07, 6.45) is 12.3. The van der Waals surface area contributed by atoms with Crippen LogP contribution in [-0.2, 0) is 52.4 Å². The van der Waals surface area contributed by atoms with Crippen molar-refractivity contribution in [1.29, 1.82) is 0 Å². The van der Waals surface area contributed by atoms with E-state index in [1.807, 2.05) is 69.8 Å². The number of hydrogen-bond acceptors (Lipinski definition) is 15. The number of rotatable bonds is 13. The number of amides is 2. The van der Waals surface area contributed by atoms with Gasteiger partial charge in [-0.3, -0.25) is 19.2 Å². The van der Waals surface area contributed by atoms with Crippen LogP contribution in [0.2, 0.25) is 0 Å². The van der Waals surface area contributed by atoms with Crippen LogP contribution in [0.4, 0.5) is 4.79 Å². The predicted molar refractivity (Wildman–Crippen MR) is 290 cm³/mol. The fourth-order valence-corrected chi connectivity index (χ4v) is 11.8. The molecule has 2 saturated heterocycles. The third-order valence-electron chi connectivity index (χ3n) is 15.9. The first-order chi connectivity index (χ1) is 35.7. The van der Waals surface area contributed by atoms with Crippen LogP contribution in [0.25, 0.3) is 0 Å². The Morgan fingerprint density at radius 1 is 0.893 bits per heavy atom. The van der Waals surface area contributed by atoms with Gasteiger partial charge in [0.15, 0.2) is 5.78 Å². The van der Waals surface area contributed by atoms with E-state index in [0.29, 0.717) is 76.3 Å². The first-order valence-electron chi connectivity index (χ1n) is 27.7. The van der Waals surface area contributed by atoms with Gasteiger partial charge < -0.3 is 48.9 Å². The molecule has 0 aromatic rings. The summed E-state index contributed by atoms with van der Waals surface area (Å²) >= 11 is 1.87. The minimum absolute atomic E-state index is 0.00687. The summed E-state index contributed by atoms with van der Waals surface area (Å²) < 4.78 is 35.7. The molecule has 1 saturated carbocycles. The van der Waals surface area contributed by atoms with Crippen molar-refractivity contribution >= 4 is 47.1 Å². The number of thioether (sulfide) groups is 1. The van der Waals surface area contributed by atoms with Crippen molar-refractivity contribution < 1.29 is 67.4 Å². The number of cyclic esters (lactones) is 1. The van der Waals surface area contributed by atoms with Gasteiger partial charge in [-0.25, -0.2) is 9.59 Å². The van der Waals surface area contributed by atoms with Crippen molar-refractivity contribution in [2.75, 3.05) is 45.9 Å². The molecule has 1 aliphatic carbocycles. The van der Waals surface area contributed by atoms with Gasteiger partial charge in [0, 0.05) is 65.0 Å². The Hall–Kier alpha value is -3.71. The standard InChI is InChI=1S/C58H92N2O14S/c1-12-75-29-19-17-27-59-57(67)73-47-26-24-43(33-50(47)70-10)32-39(5)49-35-46(61)38(4)31-41(7)52(63)53(71-11)51(62)40(6)30-36(2)20-14-13-15-21-37(3)48(69-9)34-44-25-23-42(8)58(68,74-44)54(64)55(65)60-28-18-16-22-45(60)56(66)72-49/h13-15,20-21,31,36,38-40,42-45,47-50,52-53,63,68H,12,16-19,22-30,32-35H2,1-11H3,(H,59,67)/b15-13+,20-14-,37-21+,41-31+/t36?,38?,39?,40-,42-,43?,44?,45+,47-,48?,49?,50?,52-,53?,58-/m1/s1. The average molecular weight is 1070 g/mol. The first-order valence-corrected chi connectivity index (χ1v) is 28.9. The normalized spacial score (nSPS) is 36.5. The van der Waals surface area contributed by atoms with E-state index in [4.69, 9.17) is 28.4 Å². The molecule has 0 aromatic heterocycles. The van der Waals surface area contributed by atoms with Crippen molar-refractivity contribution in [3.05, 3.63) is 47.6 Å². The number of methoxy groups -OCH3 is 3. The summed E-state index contributed by atoms with van der Waals surface area (Å²) in [6.45, 7) is 15.4. The number of allylic oxidation sites excluding steroid dienone is 6. The minimum atomic E-state index is -2.45. The molecule has 0 aromatic carbocycles. The molecule has 15 atom stereocenters. The number of nitrogens with zero attached hydrogens (tertiary/aromatic N) is 1. The highest BCUT2D eigenvalue weighted by Crippen LogP contribution is 2.38. The van der Waals surface area contributed by atoms with E-state index in [2.05, 4.69) is 12.2 Å². The second kappa shape index (κ2) is 31.6. The Morgan fingerprint density at radius 2 is 1.64 bits per heavy atom. The maximum Gasteiger partial charge on any atom is 0.407 e. The molecule has 0 radical (unpaired) electrons. The Kier molecular flexibility index (Phi) is 26.9. The van der Waals surface area contributed by atoms with Gasteiger partial charge in [0.05, 0.1) is 18.3 Å². The van der Waals surface area contributed by atoms with Crippen LogP contribution in [0, 0.1) is 35.5 Å². The van der Waals surface area contributed by atoms with E-state index in [1.54, 1.807) is 41.1 Å². The molecule has 9 unspecified atom stereocenters. The smallest absolute Gasteiger partial charge is 0.407 e. The molecule has 3 fully saturated rings. The highest BCUT2D eigenvalue weighted by Gasteiger charge is 2.53. The number of aliphatic hydroxyl groups excluding tert-OH is 1. The summed E-state index contributed by atoms with van der Waals surface area (Å²) in [5, 5.41) is 26.4. The summed E-state index contributed by atoms with van der Waals surface area (Å²) in [5.74, 6) is -6.13. The summed E-state index contributed by atoms with van der Waals surface area (Å²) in [4.78, 5) is 85.4. The van der Waals surface area contributed by atoms with Crippen LogP contribution < -0.4 is 5.32 Å². The lowest BCUT2D eigenvalue weighted by molar-refractivity contribution is -0.265. The van der Waals surface area contributed by atoms with E-state index in [0.717, 1.165) is 29.9 Å². The highest BCUT2D eigenvalue weighted by atomic mass is 32.2. The second-order valence-electron chi connectivity index (χ2n) is 21.8. The molecule has 2 bridgehead atoms. The molecule has 17 heteroatoms. The van der Waals surface area contributed by atoms with Crippen LogP contribution in [-0.4, -0.2) is 151 Å². The van der Waals surface area contributed by atoms with E-state index >= 15 is 0 Å². The molecule has 75 heavy (non-hydrogen) atoms. The number of Topliss-reactive ketones (excluding diaryl/α,β-unsaturated/α-hetero) is 3. The van der Waals surface area contributed by atoms with Gasteiger partial charge in [-0.2, -0.15) is 11.8 Å². The summed E-state index contributed by atoms with van der Waals surface area (Å²) in [7, 11) is 4.54. The lowest BCUT2D eigenvalue weighted by atomic mass is 9.78. The molecule has 4 aliphatic rings. The number of esters is 1. The number of alkyl carbamates (subject to hydrolysis) is 1. The van der Waals surface area contributed by atoms with Crippen molar-refractivity contribution in [1.82, 2.24) is 10.2 Å². The number of aliphatic hydroxyl groups is 2. The van der Waals surface area contributed by atoms with Gasteiger partial charge in [0.1, 0.15) is 36.2 Å². The number of ketones is 3. The quantitative estimate of drug-likeness (QED) is 0.0683. The third kappa shape index (κ3) is 18.7. The predicted octanol–water partition coefficient (Wildman–Crippen LogP) is 8.45. The van der Waals surface area contributed by atoms with Crippen LogP contribution in [0.3, 0.4) is 0 Å². The number of hydrogen-bond donors (Lipinski definition) is 3. The van der Waals surface area contributed by atoms with E-state index in [1.165, 1.54) is 12.0 Å². The molecule has 16 nitrogen and oxygen atoms in total. The molecule has 4 rings (SSSR count). The van der Waals surface area contributed by atoms with Crippen LogP contribution in [0.15, 0.2) is 47.6 Å². The number of carbonyl (C=O) groups excluding carboxylic acids is 6. The zero-order valence-electron chi connectivity index (χ0n) is 46.9. The monoisotopic (exact) mass is 1070 g/mol. The van der Waals surface area contributed by atoms with E-state index in [-0.39, 0.29) is 54.8 Å². The molecule has 3 aliphatic heterocycles. The fourth-order valence-electron chi connectivity index (χ4n) is 11.1. The summed E-state index contributed by atoms with van der Waals surface area (Å²) in [5.41, 5.74) is 1.25. The SMILES string of the molecule is CCSCCCCNC(=O)O[C@@H]1CCC(CC(C)C2CC(=O)C(C)/C=C(\C)[C@@H](O)C(OC)C(=O)[C@H](C)CC(C)\C=C/C=C/C=C(\C)C(OC)CC3CC[C@@H](C)[C@@](O)(O3)C(=O)C(=O)N3CCCC[C@H]3C(=O)O2)CC1OC. The summed E-state index contributed by atoms with van der Waals surface area (Å²) in [6, 6.07) is -1.17. The Bertz CT molecular complexity index is 2010. The van der Waals surface area contributed by atoms with Crippen molar-refractivity contribution in [3.8, 4) is 0 Å². The van der Waals surface area contributed by atoms with Gasteiger partial charge in [0.2, 0.25) is 5.79 Å². The van der Waals surface area contributed by atoms with Crippen molar-refractivity contribution in [2.45, 2.75) is 200 Å². The van der Waals surface area contributed by atoms with Gasteiger partial charge in [-0.1, -0.05) is 78.0 Å². The highest BCUT2D eigenvalue weighted by molar-refractivity contribution is 7.99. The average Bonchev–Trinajstić information content (AvgIpc) is 3.39. The molecule has 0 spiro atoms. The molecular formula is C58H92N2O14S. The lowest BCUT2D eigenvalue weighted by Gasteiger charge is -2.42. The minimum Gasteiger partial charge on any atom is -0.460 e. The third-order valence-corrected chi connectivity index (χ3v) is 16.9. The topological polar surface area (TPSA) is 214 Å². The maximum atomic E-state index is 14.6. The van der Waals surface area contributed by atoms with Gasteiger partial charge in [0.25, 0.3) is 11.7 Å². The number of ether oxygens (including phenoxy) is 6. The number of nitrogens with one attached hydrogen (secondary N) is 1. The fraction of sp³-hybridized carbons (Fsp3) is 0.759. The largest absolute Gasteiger partial charge is 0.460 e. The van der Waals surface area contributed by atoms with Crippen molar-refractivity contribution in [3.63, 3.8) is 0 Å². The van der Waals surface area contributed by atoms with Gasteiger partial charge >= 0.3 is 12.1 Å². The number of carbonyl (C=O) groups is 6. The molecule has 2 amide bonds. The maximum absolute atomic E-state index is 14.6. The molecular weight excluding hydrogens is 981 g/mol. The number of piperidine rings is 1. The lowest BCUT2D eigenvalue weighted by Crippen LogP contribution is -2.61. The Morgan fingerprint density at radius 3 is 2.33 bits per heavy atom. The number of fused-ring (bicyclic) bond motifs is 3. The van der Waals surface area contributed by atoms with Gasteiger partial charge in [-0.15, -0.1) is 0 Å². The van der Waals surface area contributed by atoms with Crippen LogP contribution in [0.5, 0.6) is 0 Å². The second-order valence-corrected chi connectivity index (χ2v) is 23.2. The Balaban J connectivity index is 1.64.